The standard InChI is InChI=1S/C11H16N2/c1-9-7-13(8-9)11-5-3-2-4-10(11)6-12/h2-5,9H,6-8,12H2,1H3. The number of para-hydroxylation sites is 1. The Bertz CT molecular complexity index is 290. The summed E-state index contributed by atoms with van der Waals surface area (Å²) >= 11 is 0. The fourth-order valence-electron chi connectivity index (χ4n) is 1.89. The Morgan fingerprint density at radius 3 is 2.69 bits per heavy atom. The molecule has 1 heterocycles. The van der Waals surface area contributed by atoms with Crippen LogP contribution in [0.15, 0.2) is 24.3 Å². The lowest BCUT2D eigenvalue weighted by atomic mass is 10.00. The van der Waals surface area contributed by atoms with E-state index in [1.54, 1.807) is 0 Å². The lowest BCUT2D eigenvalue weighted by molar-refractivity contribution is 0.446. The van der Waals surface area contributed by atoms with Crippen LogP contribution in [-0.2, 0) is 6.54 Å². The van der Waals surface area contributed by atoms with Crippen LogP contribution in [0, 0.1) is 5.92 Å². The molecule has 0 unspecified atom stereocenters. The Balaban J connectivity index is 2.19. The first-order chi connectivity index (χ1) is 6.31. The van der Waals surface area contributed by atoms with Crippen LogP contribution in [0.2, 0.25) is 0 Å². The summed E-state index contributed by atoms with van der Waals surface area (Å²) in [6.45, 7) is 5.27. The van der Waals surface area contributed by atoms with Gasteiger partial charge in [0.05, 0.1) is 0 Å². The van der Waals surface area contributed by atoms with E-state index in [-0.39, 0.29) is 0 Å². The van der Waals surface area contributed by atoms with Crippen LogP contribution in [-0.4, -0.2) is 13.1 Å². The molecule has 1 aromatic carbocycles. The van der Waals surface area contributed by atoms with Crippen LogP contribution < -0.4 is 10.6 Å². The molecule has 0 saturated carbocycles. The molecule has 70 valence electrons. The topological polar surface area (TPSA) is 29.3 Å². The molecule has 0 amide bonds. The van der Waals surface area contributed by atoms with Crippen molar-refractivity contribution in [1.82, 2.24) is 0 Å². The monoisotopic (exact) mass is 176 g/mol. The molecular weight excluding hydrogens is 160 g/mol. The van der Waals surface area contributed by atoms with Gasteiger partial charge < -0.3 is 10.6 Å². The molecule has 2 rings (SSSR count). The molecule has 0 radical (unpaired) electrons. The van der Waals surface area contributed by atoms with Gasteiger partial charge in [-0.3, -0.25) is 0 Å². The van der Waals surface area contributed by atoms with Crippen molar-refractivity contribution in [2.45, 2.75) is 13.5 Å². The second-order valence-electron chi connectivity index (χ2n) is 3.84. The van der Waals surface area contributed by atoms with E-state index in [4.69, 9.17) is 5.73 Å². The van der Waals surface area contributed by atoms with Crippen LogP contribution in [0.3, 0.4) is 0 Å². The van der Waals surface area contributed by atoms with E-state index in [9.17, 15) is 0 Å². The zero-order chi connectivity index (χ0) is 9.26. The highest BCUT2D eigenvalue weighted by Gasteiger charge is 2.23. The van der Waals surface area contributed by atoms with Gasteiger partial charge in [-0.1, -0.05) is 25.1 Å². The maximum Gasteiger partial charge on any atom is 0.0411 e. The fourth-order valence-corrected chi connectivity index (χ4v) is 1.89. The van der Waals surface area contributed by atoms with Crippen LogP contribution >= 0.6 is 0 Å². The number of rotatable bonds is 2. The van der Waals surface area contributed by atoms with E-state index in [2.05, 4.69) is 36.1 Å². The van der Waals surface area contributed by atoms with Crippen molar-refractivity contribution in [1.29, 1.82) is 0 Å². The smallest absolute Gasteiger partial charge is 0.0411 e. The Labute approximate surface area is 79.4 Å². The highest BCUT2D eigenvalue weighted by atomic mass is 15.2. The van der Waals surface area contributed by atoms with Gasteiger partial charge in [0, 0.05) is 25.3 Å². The third kappa shape index (κ3) is 1.54. The minimum absolute atomic E-state index is 0.640. The zero-order valence-electron chi connectivity index (χ0n) is 8.03. The van der Waals surface area contributed by atoms with Gasteiger partial charge in [0.2, 0.25) is 0 Å². The number of benzene rings is 1. The third-order valence-corrected chi connectivity index (χ3v) is 2.62. The summed E-state index contributed by atoms with van der Waals surface area (Å²) in [4.78, 5) is 2.40. The molecule has 1 aliphatic rings. The Morgan fingerprint density at radius 2 is 2.08 bits per heavy atom. The summed E-state index contributed by atoms with van der Waals surface area (Å²) in [6, 6.07) is 8.40. The van der Waals surface area contributed by atoms with E-state index < -0.39 is 0 Å². The van der Waals surface area contributed by atoms with Gasteiger partial charge >= 0.3 is 0 Å². The van der Waals surface area contributed by atoms with Gasteiger partial charge in [0.25, 0.3) is 0 Å². The van der Waals surface area contributed by atoms with Gasteiger partial charge in [0.15, 0.2) is 0 Å². The first-order valence-electron chi connectivity index (χ1n) is 4.84. The average molecular weight is 176 g/mol. The Kier molecular flexibility index (Phi) is 2.23. The van der Waals surface area contributed by atoms with Crippen molar-refractivity contribution in [2.75, 3.05) is 18.0 Å². The third-order valence-electron chi connectivity index (χ3n) is 2.62. The fraction of sp³-hybridized carbons (Fsp3) is 0.455. The van der Waals surface area contributed by atoms with Crippen molar-refractivity contribution in [3.63, 3.8) is 0 Å². The predicted octanol–water partition coefficient (Wildman–Crippen LogP) is 1.60. The molecular formula is C11H16N2. The lowest BCUT2D eigenvalue weighted by Crippen LogP contribution is -2.45. The van der Waals surface area contributed by atoms with E-state index in [1.165, 1.54) is 24.3 Å². The summed E-state index contributed by atoms with van der Waals surface area (Å²) in [5.74, 6) is 0.839. The summed E-state index contributed by atoms with van der Waals surface area (Å²) < 4.78 is 0. The summed E-state index contributed by atoms with van der Waals surface area (Å²) in [6.07, 6.45) is 0. The molecule has 1 saturated heterocycles. The molecule has 0 spiro atoms. The molecule has 2 nitrogen and oxygen atoms in total. The SMILES string of the molecule is CC1CN(c2ccccc2CN)C1. The molecule has 1 aliphatic heterocycles. The zero-order valence-corrected chi connectivity index (χ0v) is 8.03. The predicted molar refractivity (Wildman–Crippen MR) is 55.7 cm³/mol. The van der Waals surface area contributed by atoms with Crippen LogP contribution in [0.5, 0.6) is 0 Å². The van der Waals surface area contributed by atoms with Gasteiger partial charge in [0.1, 0.15) is 0 Å². The summed E-state index contributed by atoms with van der Waals surface area (Å²) in [5.41, 5.74) is 8.26. The van der Waals surface area contributed by atoms with Crippen LogP contribution in [0.25, 0.3) is 0 Å². The first-order valence-corrected chi connectivity index (χ1v) is 4.84. The first kappa shape index (κ1) is 8.57. The molecule has 0 aliphatic carbocycles. The second-order valence-corrected chi connectivity index (χ2v) is 3.84. The quantitative estimate of drug-likeness (QED) is 0.741. The lowest BCUT2D eigenvalue weighted by Gasteiger charge is -2.40. The number of nitrogens with zero attached hydrogens (tertiary/aromatic N) is 1. The minimum atomic E-state index is 0.640. The van der Waals surface area contributed by atoms with Gasteiger partial charge in [-0.05, 0) is 17.5 Å². The van der Waals surface area contributed by atoms with E-state index in [0.717, 1.165) is 5.92 Å². The molecule has 2 heteroatoms. The summed E-state index contributed by atoms with van der Waals surface area (Å²) in [7, 11) is 0. The number of anilines is 1. The molecule has 1 aromatic rings. The summed E-state index contributed by atoms with van der Waals surface area (Å²) in [5, 5.41) is 0. The molecule has 0 bridgehead atoms. The molecule has 0 atom stereocenters. The molecule has 2 N–H and O–H groups in total. The Hall–Kier alpha value is -1.02. The van der Waals surface area contributed by atoms with Crippen molar-refractivity contribution >= 4 is 5.69 Å². The average Bonchev–Trinajstić information content (AvgIpc) is 2.13. The number of hydrogen-bond donors (Lipinski definition) is 1. The maximum absolute atomic E-state index is 5.68. The van der Waals surface area contributed by atoms with Crippen molar-refractivity contribution in [3.05, 3.63) is 29.8 Å². The molecule has 13 heavy (non-hydrogen) atoms. The number of hydrogen-bond acceptors (Lipinski definition) is 2. The highest BCUT2D eigenvalue weighted by molar-refractivity contribution is 5.55. The van der Waals surface area contributed by atoms with Crippen LogP contribution in [0.4, 0.5) is 5.69 Å². The van der Waals surface area contributed by atoms with Gasteiger partial charge in [-0.15, -0.1) is 0 Å². The minimum Gasteiger partial charge on any atom is -0.371 e. The van der Waals surface area contributed by atoms with E-state index in [0.29, 0.717) is 6.54 Å². The van der Waals surface area contributed by atoms with E-state index in [1.807, 2.05) is 0 Å². The van der Waals surface area contributed by atoms with Crippen molar-refractivity contribution in [3.8, 4) is 0 Å². The van der Waals surface area contributed by atoms with Gasteiger partial charge in [-0.2, -0.15) is 0 Å². The molecule has 0 aromatic heterocycles. The molecule has 1 fully saturated rings. The largest absolute Gasteiger partial charge is 0.371 e. The highest BCUT2D eigenvalue weighted by Crippen LogP contribution is 2.27. The van der Waals surface area contributed by atoms with E-state index >= 15 is 0 Å². The number of nitrogens with two attached hydrogens (primary N) is 1. The maximum atomic E-state index is 5.68. The Morgan fingerprint density at radius 1 is 1.38 bits per heavy atom. The van der Waals surface area contributed by atoms with Crippen molar-refractivity contribution in [2.24, 2.45) is 11.7 Å². The van der Waals surface area contributed by atoms with Gasteiger partial charge in [-0.25, -0.2) is 0 Å². The van der Waals surface area contributed by atoms with Crippen LogP contribution in [0.1, 0.15) is 12.5 Å². The normalized spacial score (nSPS) is 17.2. The second kappa shape index (κ2) is 3.38. The van der Waals surface area contributed by atoms with Crippen molar-refractivity contribution < 1.29 is 0 Å².